The van der Waals surface area contributed by atoms with Gasteiger partial charge in [0.25, 0.3) is 0 Å². The summed E-state index contributed by atoms with van der Waals surface area (Å²) in [6.45, 7) is 4.29. The maximum Gasteiger partial charge on any atom is 0.127 e. The fourth-order valence-electron chi connectivity index (χ4n) is 1.05. The number of para-hydroxylation sites is 1. The molecule has 4 heteroatoms. The van der Waals surface area contributed by atoms with E-state index in [9.17, 15) is 0 Å². The molecule has 1 aromatic rings. The van der Waals surface area contributed by atoms with E-state index in [-0.39, 0.29) is 0 Å². The quantitative estimate of drug-likeness (QED) is 0.306. The van der Waals surface area contributed by atoms with E-state index >= 15 is 0 Å². The fraction of sp³-hybridized carbons (Fsp3) is 0.300. The van der Waals surface area contributed by atoms with Crippen LogP contribution in [0.4, 0.5) is 5.69 Å². The average Bonchev–Trinajstić information content (AvgIpc) is 2.19. The highest BCUT2D eigenvalue weighted by Crippen LogP contribution is 2.21. The summed E-state index contributed by atoms with van der Waals surface area (Å²) in [5.41, 5.74) is 1.16. The van der Waals surface area contributed by atoms with Crippen LogP contribution >= 0.6 is 45.7 Å². The number of hydrogen-bond acceptors (Lipinski definition) is 1. The van der Waals surface area contributed by atoms with E-state index in [1.165, 1.54) is 0 Å². The Labute approximate surface area is 113 Å². The first kappa shape index (κ1) is 12.2. The van der Waals surface area contributed by atoms with E-state index in [1.807, 2.05) is 41.1 Å². The van der Waals surface area contributed by atoms with Crippen molar-refractivity contribution in [2.24, 2.45) is 9.12 Å². The van der Waals surface area contributed by atoms with E-state index in [4.69, 9.17) is 0 Å². The van der Waals surface area contributed by atoms with Crippen LogP contribution in [-0.4, -0.2) is 5.84 Å². The van der Waals surface area contributed by atoms with Gasteiger partial charge in [-0.1, -0.05) is 32.0 Å². The molecule has 0 spiro atoms. The highest BCUT2D eigenvalue weighted by Gasteiger charge is 2.13. The molecule has 0 N–H and O–H groups in total. The van der Waals surface area contributed by atoms with E-state index in [1.54, 1.807) is 0 Å². The molecule has 0 heterocycles. The molecule has 0 unspecified atom stereocenters. The molecule has 0 aliphatic rings. The Hall–Kier alpha value is 0.150. The second kappa shape index (κ2) is 5.89. The summed E-state index contributed by atoms with van der Waals surface area (Å²) >= 11 is 4.33. The lowest BCUT2D eigenvalue weighted by Crippen LogP contribution is -2.24. The first-order chi connectivity index (χ1) is 6.66. The Kier molecular flexibility index (Phi) is 5.14. The minimum Gasteiger partial charge on any atom is -0.270 e. The fourth-order valence-corrected chi connectivity index (χ4v) is 3.22. The summed E-state index contributed by atoms with van der Waals surface area (Å²) in [5.74, 6) is 1.52. The monoisotopic (exact) mass is 414 g/mol. The molecule has 0 saturated carbocycles. The molecule has 0 fully saturated rings. The van der Waals surface area contributed by atoms with Gasteiger partial charge in [0.2, 0.25) is 0 Å². The highest BCUT2D eigenvalue weighted by atomic mass is 127. The minimum atomic E-state index is 0.434. The smallest absolute Gasteiger partial charge is 0.127 e. The molecule has 0 aliphatic heterocycles. The van der Waals surface area contributed by atoms with Crippen molar-refractivity contribution in [2.45, 2.75) is 13.8 Å². The first-order valence-electron chi connectivity index (χ1n) is 4.36. The van der Waals surface area contributed by atoms with Crippen LogP contribution in [0.15, 0.2) is 33.5 Å². The van der Waals surface area contributed by atoms with Crippen LogP contribution in [0.5, 0.6) is 0 Å². The van der Waals surface area contributed by atoms with Crippen LogP contribution in [0.3, 0.4) is 0 Å². The summed E-state index contributed by atoms with van der Waals surface area (Å²) in [5, 5.41) is 0. The zero-order chi connectivity index (χ0) is 10.6. The molecule has 14 heavy (non-hydrogen) atoms. The molecular formula is C10H12I2N2. The molecule has 1 rings (SSSR count). The van der Waals surface area contributed by atoms with Crippen LogP contribution in [0.25, 0.3) is 0 Å². The van der Waals surface area contributed by atoms with Crippen LogP contribution in [0, 0.1) is 5.92 Å². The average molecular weight is 414 g/mol. The van der Waals surface area contributed by atoms with Gasteiger partial charge in [-0.15, -0.1) is 0 Å². The molecule has 0 aromatic heterocycles. The van der Waals surface area contributed by atoms with Crippen molar-refractivity contribution < 1.29 is 0 Å². The molecule has 0 saturated heterocycles. The van der Waals surface area contributed by atoms with Gasteiger partial charge in [-0.2, -0.15) is 0 Å². The first-order valence-corrected chi connectivity index (χ1v) is 6.29. The third-order valence-electron chi connectivity index (χ3n) is 1.79. The van der Waals surface area contributed by atoms with Crippen molar-refractivity contribution in [2.75, 3.05) is 3.11 Å². The summed E-state index contributed by atoms with van der Waals surface area (Å²) < 4.78 is 6.36. The molecular weight excluding hydrogens is 402 g/mol. The Bertz CT molecular complexity index is 309. The lowest BCUT2D eigenvalue weighted by Gasteiger charge is -2.20. The van der Waals surface area contributed by atoms with Crippen LogP contribution in [0.1, 0.15) is 13.8 Å². The van der Waals surface area contributed by atoms with Gasteiger partial charge in [-0.25, -0.2) is 3.21 Å². The summed E-state index contributed by atoms with van der Waals surface area (Å²) in [6, 6.07) is 10.2. The Morgan fingerprint density at radius 2 is 1.86 bits per heavy atom. The highest BCUT2D eigenvalue weighted by molar-refractivity contribution is 14.1. The predicted molar refractivity (Wildman–Crippen MR) is 79.2 cm³/mol. The molecule has 0 bridgehead atoms. The Morgan fingerprint density at radius 3 is 2.29 bits per heavy atom. The summed E-state index contributed by atoms with van der Waals surface area (Å²) in [7, 11) is 0. The van der Waals surface area contributed by atoms with Gasteiger partial charge in [0.15, 0.2) is 0 Å². The van der Waals surface area contributed by atoms with Crippen molar-refractivity contribution in [3.8, 4) is 0 Å². The minimum absolute atomic E-state index is 0.434. The van der Waals surface area contributed by atoms with Crippen molar-refractivity contribution in [3.05, 3.63) is 30.3 Å². The normalized spacial score (nSPS) is 11.9. The van der Waals surface area contributed by atoms with Gasteiger partial charge < -0.3 is 0 Å². The maximum absolute atomic E-state index is 4.27. The Balaban J connectivity index is 2.90. The number of benzene rings is 1. The molecule has 0 aliphatic carbocycles. The molecule has 76 valence electrons. The van der Waals surface area contributed by atoms with Crippen molar-refractivity contribution >= 4 is 57.3 Å². The molecule has 0 radical (unpaired) electrons. The number of amidine groups is 1. The van der Waals surface area contributed by atoms with Crippen molar-refractivity contribution in [1.82, 2.24) is 0 Å². The second-order valence-corrected chi connectivity index (χ2v) is 4.66. The van der Waals surface area contributed by atoms with E-state index in [0.29, 0.717) is 5.92 Å². The number of halogens is 2. The largest absolute Gasteiger partial charge is 0.270 e. The molecule has 0 atom stereocenters. The number of anilines is 1. The van der Waals surface area contributed by atoms with Gasteiger partial charge in [0.1, 0.15) is 5.84 Å². The predicted octanol–water partition coefficient (Wildman–Crippen LogP) is 4.25. The second-order valence-electron chi connectivity index (χ2n) is 3.21. The van der Waals surface area contributed by atoms with Crippen molar-refractivity contribution in [3.63, 3.8) is 0 Å². The molecule has 1 aromatic carbocycles. The SMILES string of the molecule is CC(C)C(=NI)N(I)c1ccccc1. The van der Waals surface area contributed by atoms with Crippen LogP contribution < -0.4 is 3.11 Å². The third-order valence-corrected chi connectivity index (χ3v) is 3.33. The number of rotatable bonds is 2. The number of nitrogens with zero attached hydrogens (tertiary/aromatic N) is 2. The van der Waals surface area contributed by atoms with Gasteiger partial charge in [-0.3, -0.25) is 3.11 Å². The number of hydrogen-bond donors (Lipinski definition) is 0. The van der Waals surface area contributed by atoms with E-state index in [2.05, 4.69) is 55.2 Å². The molecule has 0 amide bonds. The van der Waals surface area contributed by atoms with Crippen LogP contribution in [0.2, 0.25) is 0 Å². The Morgan fingerprint density at radius 1 is 1.29 bits per heavy atom. The zero-order valence-electron chi connectivity index (χ0n) is 8.11. The van der Waals surface area contributed by atoms with E-state index < -0.39 is 0 Å². The topological polar surface area (TPSA) is 15.6 Å². The molecule has 2 nitrogen and oxygen atoms in total. The lowest BCUT2D eigenvalue weighted by molar-refractivity contribution is 0.880. The van der Waals surface area contributed by atoms with Gasteiger partial charge in [-0.05, 0) is 12.1 Å². The zero-order valence-corrected chi connectivity index (χ0v) is 12.4. The summed E-state index contributed by atoms with van der Waals surface area (Å²) in [4.78, 5) is 0. The van der Waals surface area contributed by atoms with Gasteiger partial charge in [0.05, 0.1) is 51.4 Å². The van der Waals surface area contributed by atoms with Crippen LogP contribution in [-0.2, 0) is 0 Å². The lowest BCUT2D eigenvalue weighted by atomic mass is 10.2. The van der Waals surface area contributed by atoms with E-state index in [0.717, 1.165) is 11.5 Å². The van der Waals surface area contributed by atoms with Crippen molar-refractivity contribution in [1.29, 1.82) is 0 Å². The van der Waals surface area contributed by atoms with Gasteiger partial charge in [0, 0.05) is 5.92 Å². The standard InChI is InChI=1S/C10H12I2N2/c1-8(2)10(13-11)14(12)9-6-4-3-5-7-9/h3-8H,1-2H3. The maximum atomic E-state index is 4.27. The van der Waals surface area contributed by atoms with Gasteiger partial charge >= 0.3 is 0 Å². The third kappa shape index (κ3) is 3.08. The summed E-state index contributed by atoms with van der Waals surface area (Å²) in [6.07, 6.45) is 0.